The van der Waals surface area contributed by atoms with Crippen molar-refractivity contribution in [2.24, 2.45) is 0 Å². The van der Waals surface area contributed by atoms with E-state index in [2.05, 4.69) is 5.32 Å². The summed E-state index contributed by atoms with van der Waals surface area (Å²) >= 11 is 11.9. The Morgan fingerprint density at radius 1 is 1.31 bits per heavy atom. The van der Waals surface area contributed by atoms with Crippen LogP contribution in [0.2, 0.25) is 10.0 Å². The Bertz CT molecular complexity index is 928. The summed E-state index contributed by atoms with van der Waals surface area (Å²) in [6.07, 6.45) is 1.37. The fraction of sp³-hybridized carbons (Fsp3) is 0.0588. The zero-order chi connectivity index (χ0) is 19.3. The summed E-state index contributed by atoms with van der Waals surface area (Å²) in [4.78, 5) is 22.5. The van der Waals surface area contributed by atoms with E-state index in [-0.39, 0.29) is 27.0 Å². The van der Waals surface area contributed by atoms with Crippen LogP contribution in [0.15, 0.2) is 42.0 Å². The summed E-state index contributed by atoms with van der Waals surface area (Å²) in [6.45, 7) is 0. The number of hydrogen-bond donors (Lipinski definition) is 1. The number of methoxy groups -OCH3 is 1. The molecule has 0 aliphatic heterocycles. The molecule has 2 aromatic carbocycles. The maximum atomic E-state index is 12.3. The number of hydrogen-bond acceptors (Lipinski definition) is 5. The Kier molecular flexibility index (Phi) is 6.17. The van der Waals surface area contributed by atoms with Crippen LogP contribution in [0.5, 0.6) is 5.75 Å². The second-order valence-electron chi connectivity index (χ2n) is 4.94. The zero-order valence-corrected chi connectivity index (χ0v) is 14.8. The van der Waals surface area contributed by atoms with Crippen molar-refractivity contribution in [1.82, 2.24) is 0 Å². The zero-order valence-electron chi connectivity index (χ0n) is 13.3. The molecule has 2 rings (SSSR count). The van der Waals surface area contributed by atoms with E-state index >= 15 is 0 Å². The summed E-state index contributed by atoms with van der Waals surface area (Å²) < 4.78 is 5.09. The Hall–Kier alpha value is -3.08. The van der Waals surface area contributed by atoms with Crippen LogP contribution in [0, 0.1) is 21.4 Å². The van der Waals surface area contributed by atoms with Crippen molar-refractivity contribution < 1.29 is 14.5 Å². The molecule has 0 saturated heterocycles. The first kappa shape index (κ1) is 19.2. The van der Waals surface area contributed by atoms with Gasteiger partial charge in [-0.25, -0.2) is 0 Å². The molecule has 0 spiro atoms. The molecule has 0 radical (unpaired) electrons. The van der Waals surface area contributed by atoms with Crippen molar-refractivity contribution in [2.45, 2.75) is 0 Å². The van der Waals surface area contributed by atoms with Crippen LogP contribution < -0.4 is 10.1 Å². The summed E-state index contributed by atoms with van der Waals surface area (Å²) in [5.74, 6) is -0.189. The normalized spacial score (nSPS) is 10.8. The SMILES string of the molecule is COc1cccc(/C=C(\C#N)C(=O)Nc2c(Cl)cc([N+](=O)[O-])cc2Cl)c1. The van der Waals surface area contributed by atoms with E-state index in [0.717, 1.165) is 12.1 Å². The van der Waals surface area contributed by atoms with Gasteiger partial charge in [-0.3, -0.25) is 14.9 Å². The number of non-ortho nitro benzene ring substituents is 1. The number of nitriles is 1. The maximum absolute atomic E-state index is 12.3. The quantitative estimate of drug-likeness (QED) is 0.350. The largest absolute Gasteiger partial charge is 0.497 e. The van der Waals surface area contributed by atoms with Gasteiger partial charge in [-0.1, -0.05) is 35.3 Å². The fourth-order valence-electron chi connectivity index (χ4n) is 2.01. The van der Waals surface area contributed by atoms with E-state index in [1.807, 2.05) is 0 Å². The first-order valence-electron chi connectivity index (χ1n) is 7.06. The van der Waals surface area contributed by atoms with E-state index in [1.165, 1.54) is 13.2 Å². The molecule has 0 unspecified atom stereocenters. The molecular weight excluding hydrogens is 381 g/mol. The molecule has 0 atom stereocenters. The van der Waals surface area contributed by atoms with Crippen LogP contribution in [-0.2, 0) is 4.79 Å². The summed E-state index contributed by atoms with van der Waals surface area (Å²) in [6, 6.07) is 10.7. The molecule has 0 bridgehead atoms. The lowest BCUT2D eigenvalue weighted by Crippen LogP contribution is -2.14. The highest BCUT2D eigenvalue weighted by Gasteiger charge is 2.18. The molecule has 0 heterocycles. The minimum atomic E-state index is -0.757. The molecule has 1 amide bonds. The van der Waals surface area contributed by atoms with E-state index < -0.39 is 10.8 Å². The third-order valence-electron chi connectivity index (χ3n) is 3.25. The number of carbonyl (C=O) groups is 1. The van der Waals surface area contributed by atoms with Gasteiger partial charge in [0.2, 0.25) is 0 Å². The topological polar surface area (TPSA) is 105 Å². The monoisotopic (exact) mass is 391 g/mol. The number of anilines is 1. The highest BCUT2D eigenvalue weighted by molar-refractivity contribution is 6.40. The van der Waals surface area contributed by atoms with Gasteiger partial charge in [-0.05, 0) is 23.8 Å². The maximum Gasteiger partial charge on any atom is 0.272 e. The molecule has 1 N–H and O–H groups in total. The van der Waals surface area contributed by atoms with Gasteiger partial charge >= 0.3 is 0 Å². The van der Waals surface area contributed by atoms with Gasteiger partial charge in [-0.15, -0.1) is 0 Å². The second kappa shape index (κ2) is 8.34. The Balaban J connectivity index is 2.31. The third kappa shape index (κ3) is 4.51. The van der Waals surface area contributed by atoms with Crippen LogP contribution in [0.1, 0.15) is 5.56 Å². The number of nitrogens with one attached hydrogen (secondary N) is 1. The number of nitrogens with zero attached hydrogens (tertiary/aromatic N) is 2. The van der Waals surface area contributed by atoms with Crippen molar-refractivity contribution in [2.75, 3.05) is 12.4 Å². The lowest BCUT2D eigenvalue weighted by atomic mass is 10.1. The van der Waals surface area contributed by atoms with Gasteiger partial charge in [0, 0.05) is 12.1 Å². The van der Waals surface area contributed by atoms with Crippen LogP contribution in [0.4, 0.5) is 11.4 Å². The smallest absolute Gasteiger partial charge is 0.272 e. The molecule has 132 valence electrons. The molecule has 7 nitrogen and oxygen atoms in total. The minimum absolute atomic E-state index is 0.0178. The average molecular weight is 392 g/mol. The van der Waals surface area contributed by atoms with Gasteiger partial charge in [0.1, 0.15) is 17.4 Å². The Morgan fingerprint density at radius 2 is 1.96 bits per heavy atom. The average Bonchev–Trinajstić information content (AvgIpc) is 2.62. The fourth-order valence-corrected chi connectivity index (χ4v) is 2.58. The third-order valence-corrected chi connectivity index (χ3v) is 3.84. The number of carbonyl (C=O) groups excluding carboxylic acids is 1. The van der Waals surface area contributed by atoms with Crippen LogP contribution in [0.25, 0.3) is 6.08 Å². The van der Waals surface area contributed by atoms with Crippen molar-refractivity contribution in [3.63, 3.8) is 0 Å². The molecular formula is C17H11Cl2N3O4. The van der Waals surface area contributed by atoms with Crippen LogP contribution in [0.3, 0.4) is 0 Å². The lowest BCUT2D eigenvalue weighted by Gasteiger charge is -2.09. The van der Waals surface area contributed by atoms with E-state index in [1.54, 1.807) is 30.3 Å². The first-order valence-corrected chi connectivity index (χ1v) is 7.82. The van der Waals surface area contributed by atoms with E-state index in [0.29, 0.717) is 11.3 Å². The van der Waals surface area contributed by atoms with Crippen LogP contribution in [-0.4, -0.2) is 17.9 Å². The Labute approximate surface area is 158 Å². The highest BCUT2D eigenvalue weighted by Crippen LogP contribution is 2.35. The van der Waals surface area contributed by atoms with Crippen molar-refractivity contribution >= 4 is 46.6 Å². The molecule has 0 fully saturated rings. The number of nitro benzene ring substituents is 1. The molecule has 2 aromatic rings. The highest BCUT2D eigenvalue weighted by atomic mass is 35.5. The predicted molar refractivity (Wildman–Crippen MR) is 98.3 cm³/mol. The second-order valence-corrected chi connectivity index (χ2v) is 5.76. The number of nitro groups is 1. The number of halogens is 2. The van der Waals surface area contributed by atoms with Crippen molar-refractivity contribution in [3.05, 3.63) is 67.7 Å². The number of ether oxygens (including phenoxy) is 1. The van der Waals surface area contributed by atoms with Crippen molar-refractivity contribution in [3.8, 4) is 11.8 Å². The molecule has 9 heteroatoms. The summed E-state index contributed by atoms with van der Waals surface area (Å²) in [5, 5.41) is 22.2. The van der Waals surface area contributed by atoms with Gasteiger partial charge < -0.3 is 10.1 Å². The predicted octanol–water partition coefficient (Wildman–Crippen LogP) is 4.46. The van der Waals surface area contributed by atoms with Crippen molar-refractivity contribution in [1.29, 1.82) is 5.26 Å². The number of benzene rings is 2. The van der Waals surface area contributed by atoms with E-state index in [4.69, 9.17) is 27.9 Å². The number of amides is 1. The molecule has 0 aromatic heterocycles. The summed E-state index contributed by atoms with van der Waals surface area (Å²) in [7, 11) is 1.50. The molecule has 0 aliphatic rings. The van der Waals surface area contributed by atoms with Gasteiger partial charge in [0.05, 0.1) is 27.8 Å². The van der Waals surface area contributed by atoms with Gasteiger partial charge in [-0.2, -0.15) is 5.26 Å². The van der Waals surface area contributed by atoms with Crippen LogP contribution >= 0.6 is 23.2 Å². The molecule has 26 heavy (non-hydrogen) atoms. The minimum Gasteiger partial charge on any atom is -0.497 e. The molecule has 0 saturated carbocycles. The molecule has 0 aliphatic carbocycles. The first-order chi connectivity index (χ1) is 12.3. The van der Waals surface area contributed by atoms with Gasteiger partial charge in [0.25, 0.3) is 11.6 Å². The van der Waals surface area contributed by atoms with E-state index in [9.17, 15) is 20.2 Å². The standard InChI is InChI=1S/C17H11Cl2N3O4/c1-26-13-4-2-3-10(6-13)5-11(9-20)17(23)21-16-14(18)7-12(22(24)25)8-15(16)19/h2-8H,1H3,(H,21,23)/b11-5+. The Morgan fingerprint density at radius 3 is 2.50 bits per heavy atom. The summed E-state index contributed by atoms with van der Waals surface area (Å²) in [5.41, 5.74) is 0.0434. The lowest BCUT2D eigenvalue weighted by molar-refractivity contribution is -0.384. The van der Waals surface area contributed by atoms with Gasteiger partial charge in [0.15, 0.2) is 0 Å². The number of rotatable bonds is 5.